The Morgan fingerprint density at radius 1 is 1.21 bits per heavy atom. The van der Waals surface area contributed by atoms with Crippen molar-refractivity contribution in [2.75, 3.05) is 19.0 Å². The van der Waals surface area contributed by atoms with Gasteiger partial charge < -0.3 is 14.8 Å². The molecule has 0 spiro atoms. The van der Waals surface area contributed by atoms with E-state index in [0.29, 0.717) is 28.7 Å². The zero-order chi connectivity index (χ0) is 24.9. The van der Waals surface area contributed by atoms with Gasteiger partial charge in [0.05, 0.1) is 18.4 Å². The summed E-state index contributed by atoms with van der Waals surface area (Å²) >= 11 is 5.87. The van der Waals surface area contributed by atoms with Crippen LogP contribution < -0.4 is 10.1 Å². The van der Waals surface area contributed by atoms with Gasteiger partial charge in [-0.1, -0.05) is 11.8 Å². The van der Waals surface area contributed by atoms with Gasteiger partial charge in [-0.3, -0.25) is 14.5 Å². The van der Waals surface area contributed by atoms with Crippen molar-refractivity contribution in [2.24, 2.45) is 4.99 Å². The molecule has 0 radical (unpaired) electrons. The maximum atomic E-state index is 12.8. The number of anilines is 1. The summed E-state index contributed by atoms with van der Waals surface area (Å²) < 4.78 is 34.5. The Morgan fingerprint density at radius 2 is 1.85 bits per heavy atom. The normalized spacial score (nSPS) is 17.4. The molecule has 0 saturated carbocycles. The molecule has 12 heteroatoms. The average Bonchev–Trinajstić information content (AvgIpc) is 2.79. The van der Waals surface area contributed by atoms with E-state index in [1.807, 2.05) is 0 Å². The highest BCUT2D eigenvalue weighted by molar-refractivity contribution is 8.15. The second kappa shape index (κ2) is 10.8. The molecule has 1 heterocycles. The highest BCUT2D eigenvalue weighted by atomic mass is 35.5. The van der Waals surface area contributed by atoms with Crippen molar-refractivity contribution in [1.82, 2.24) is 4.90 Å². The van der Waals surface area contributed by atoms with Crippen LogP contribution in [0.4, 0.5) is 20.2 Å². The molecule has 1 aliphatic heterocycles. The van der Waals surface area contributed by atoms with E-state index in [1.165, 1.54) is 48.4 Å². The van der Waals surface area contributed by atoms with Crippen LogP contribution in [0, 0.1) is 0 Å². The molecular weight excluding hydrogens is 492 g/mol. The van der Waals surface area contributed by atoms with E-state index in [9.17, 15) is 23.2 Å². The number of ether oxygens (including phenoxy) is 2. The van der Waals surface area contributed by atoms with Gasteiger partial charge in [0.15, 0.2) is 5.17 Å². The zero-order valence-electron chi connectivity index (χ0n) is 18.1. The summed E-state index contributed by atoms with van der Waals surface area (Å²) in [6, 6.07) is 11.5. The first-order valence-corrected chi connectivity index (χ1v) is 11.3. The third-order valence-electron chi connectivity index (χ3n) is 4.62. The molecule has 1 aliphatic rings. The molecule has 180 valence electrons. The summed E-state index contributed by atoms with van der Waals surface area (Å²) in [5.74, 6) is -1.33. The van der Waals surface area contributed by atoms with Gasteiger partial charge >= 0.3 is 11.5 Å². The summed E-state index contributed by atoms with van der Waals surface area (Å²) in [4.78, 5) is 42.8. The molecule has 1 atom stereocenters. The highest BCUT2D eigenvalue weighted by Crippen LogP contribution is 2.31. The van der Waals surface area contributed by atoms with E-state index in [1.54, 1.807) is 19.1 Å². The molecule has 1 saturated heterocycles. The number of hydrogen-bond acceptors (Lipinski definition) is 7. The van der Waals surface area contributed by atoms with E-state index in [-0.39, 0.29) is 18.1 Å². The molecule has 1 fully saturated rings. The van der Waals surface area contributed by atoms with Crippen LogP contribution in [0.2, 0.25) is 0 Å². The molecule has 3 rings (SSSR count). The van der Waals surface area contributed by atoms with Crippen LogP contribution in [0.25, 0.3) is 0 Å². The van der Waals surface area contributed by atoms with Crippen molar-refractivity contribution in [3.8, 4) is 5.75 Å². The van der Waals surface area contributed by atoms with Gasteiger partial charge in [-0.2, -0.15) is 0 Å². The summed E-state index contributed by atoms with van der Waals surface area (Å²) in [7, 11) is 1.27. The smallest absolute Gasteiger partial charge is 0.465 e. The van der Waals surface area contributed by atoms with E-state index < -0.39 is 22.7 Å². The van der Waals surface area contributed by atoms with E-state index in [0.717, 1.165) is 11.8 Å². The monoisotopic (exact) mass is 511 g/mol. The number of nitrogens with one attached hydrogen (secondary N) is 1. The maximum Gasteiger partial charge on any atom is 0.487 e. The first kappa shape index (κ1) is 25.4. The van der Waals surface area contributed by atoms with Crippen LogP contribution in [0.3, 0.4) is 0 Å². The van der Waals surface area contributed by atoms with Gasteiger partial charge in [0, 0.05) is 30.3 Å². The number of carbonyl (C=O) groups is 3. The van der Waals surface area contributed by atoms with Gasteiger partial charge in [0.2, 0.25) is 11.8 Å². The number of hydrogen-bond donors (Lipinski definition) is 1. The van der Waals surface area contributed by atoms with Crippen molar-refractivity contribution in [2.45, 2.75) is 24.2 Å². The highest BCUT2D eigenvalue weighted by Gasteiger charge is 2.35. The van der Waals surface area contributed by atoms with Crippen LogP contribution >= 0.6 is 23.4 Å². The Bertz CT molecular complexity index is 1090. The second-order valence-electron chi connectivity index (χ2n) is 6.94. The lowest BCUT2D eigenvalue weighted by Gasteiger charge is -2.30. The Hall–Kier alpha value is -3.18. The Labute approximate surface area is 203 Å². The molecule has 34 heavy (non-hydrogen) atoms. The Morgan fingerprint density at radius 3 is 2.41 bits per heavy atom. The lowest BCUT2D eigenvalue weighted by Crippen LogP contribution is -2.45. The summed E-state index contributed by atoms with van der Waals surface area (Å²) in [5.41, 5.74) is -2.67. The quantitative estimate of drug-likeness (QED) is 0.430. The predicted molar refractivity (Wildman–Crippen MR) is 125 cm³/mol. The Balaban J connectivity index is 1.74. The topological polar surface area (TPSA) is 97.3 Å². The van der Waals surface area contributed by atoms with Crippen LogP contribution in [-0.2, 0) is 14.3 Å². The molecule has 0 aromatic heterocycles. The molecule has 8 nitrogen and oxygen atoms in total. The summed E-state index contributed by atoms with van der Waals surface area (Å²) in [6.45, 7) is 2.12. The van der Waals surface area contributed by atoms with Crippen LogP contribution in [-0.4, -0.2) is 52.3 Å². The second-order valence-corrected chi connectivity index (χ2v) is 8.55. The minimum atomic E-state index is -3.84. The third kappa shape index (κ3) is 6.67. The van der Waals surface area contributed by atoms with Crippen molar-refractivity contribution in [1.29, 1.82) is 0 Å². The number of thioether (sulfide) groups is 1. The number of carbonyl (C=O) groups excluding carboxylic acids is 3. The van der Waals surface area contributed by atoms with Crippen molar-refractivity contribution < 1.29 is 32.6 Å². The molecule has 1 unspecified atom stereocenters. The van der Waals surface area contributed by atoms with Crippen LogP contribution in [0.15, 0.2) is 53.5 Å². The van der Waals surface area contributed by atoms with E-state index in [2.05, 4.69) is 19.8 Å². The maximum absolute atomic E-state index is 12.8. The minimum Gasteiger partial charge on any atom is -0.465 e. The van der Waals surface area contributed by atoms with E-state index in [4.69, 9.17) is 11.6 Å². The van der Waals surface area contributed by atoms with Crippen LogP contribution in [0.1, 0.15) is 23.7 Å². The fourth-order valence-corrected chi connectivity index (χ4v) is 4.27. The average molecular weight is 512 g/mol. The number of nitrogens with zero attached hydrogens (tertiary/aromatic N) is 2. The standard InChI is InChI=1S/C22H20ClF2N3O5S/c1-3-28-18(29)12-17(19(30)26-14-6-4-13(5-7-14)20(31)32-2)34-21(28)27-15-8-10-16(11-9-15)33-22(23,24)25/h4-11,17H,3,12H2,1-2H3,(H,26,30). The number of benzene rings is 2. The number of rotatable bonds is 7. The molecule has 2 aromatic carbocycles. The fraction of sp³-hybridized carbons (Fsp3) is 0.273. The van der Waals surface area contributed by atoms with Gasteiger partial charge in [-0.25, -0.2) is 9.79 Å². The number of alkyl halides is 3. The van der Waals surface area contributed by atoms with Crippen molar-refractivity contribution >= 4 is 57.7 Å². The number of halogens is 3. The van der Waals surface area contributed by atoms with Crippen molar-refractivity contribution in [3.05, 3.63) is 54.1 Å². The first-order valence-electron chi connectivity index (χ1n) is 10.0. The number of aliphatic imine (C=N–C) groups is 1. The molecule has 1 N–H and O–H groups in total. The van der Waals surface area contributed by atoms with Gasteiger partial charge in [-0.05, 0) is 55.5 Å². The number of amides is 2. The zero-order valence-corrected chi connectivity index (χ0v) is 19.7. The van der Waals surface area contributed by atoms with Crippen molar-refractivity contribution in [3.63, 3.8) is 0 Å². The lowest BCUT2D eigenvalue weighted by molar-refractivity contribution is -0.129. The van der Waals surface area contributed by atoms with Gasteiger partial charge in [0.25, 0.3) is 0 Å². The first-order chi connectivity index (χ1) is 16.1. The number of methoxy groups -OCH3 is 1. The third-order valence-corrected chi connectivity index (χ3v) is 5.88. The van der Waals surface area contributed by atoms with Crippen LogP contribution in [0.5, 0.6) is 5.75 Å². The molecule has 0 bridgehead atoms. The molecule has 2 aromatic rings. The Kier molecular flexibility index (Phi) is 8.11. The predicted octanol–water partition coefficient (Wildman–Crippen LogP) is 4.62. The summed E-state index contributed by atoms with van der Waals surface area (Å²) in [6.07, 6.45) is -0.0266. The largest absolute Gasteiger partial charge is 0.487 e. The molecule has 2 amide bonds. The SMILES string of the molecule is CCN1C(=O)CC(C(=O)Nc2ccc(C(=O)OC)cc2)SC1=Nc1ccc(OC(F)(F)Cl)cc1. The van der Waals surface area contributed by atoms with Gasteiger partial charge in [-0.15, -0.1) is 8.78 Å². The fourth-order valence-electron chi connectivity index (χ4n) is 3.02. The lowest BCUT2D eigenvalue weighted by atomic mass is 10.2. The van der Waals surface area contributed by atoms with E-state index >= 15 is 0 Å². The molecular formula is C22H20ClF2N3O5S. The number of esters is 1. The van der Waals surface area contributed by atoms with Gasteiger partial charge in [0.1, 0.15) is 11.0 Å². The minimum absolute atomic E-state index is 0.0266. The molecule has 0 aliphatic carbocycles. The summed E-state index contributed by atoms with van der Waals surface area (Å²) in [5, 5.41) is 2.28. The number of amidine groups is 1.